The molecule has 0 radical (unpaired) electrons. The van der Waals surface area contributed by atoms with E-state index in [1.807, 2.05) is 0 Å². The molecule has 0 unspecified atom stereocenters. The first-order valence-electron chi connectivity index (χ1n) is 7.81. The number of nitrogens with zero attached hydrogens (tertiary/aromatic N) is 1. The molecule has 2 rings (SSSR count). The maximum atomic E-state index is 11.7. The number of benzene rings is 1. The van der Waals surface area contributed by atoms with Gasteiger partial charge in [0.1, 0.15) is 0 Å². The summed E-state index contributed by atoms with van der Waals surface area (Å²) < 4.78 is 23.3. The van der Waals surface area contributed by atoms with E-state index in [9.17, 15) is 8.42 Å². The monoisotopic (exact) mass is 310 g/mol. The van der Waals surface area contributed by atoms with Gasteiger partial charge in [0.15, 0.2) is 9.84 Å². The molecule has 0 spiro atoms. The molecule has 1 N–H and O–H groups in total. The average molecular weight is 310 g/mol. The van der Waals surface area contributed by atoms with E-state index >= 15 is 0 Å². The van der Waals surface area contributed by atoms with Crippen LogP contribution < -0.4 is 5.32 Å². The minimum Gasteiger partial charge on any atom is -0.317 e. The predicted molar refractivity (Wildman–Crippen MR) is 87.2 cm³/mol. The van der Waals surface area contributed by atoms with Crippen LogP contribution in [0.4, 0.5) is 0 Å². The van der Waals surface area contributed by atoms with Gasteiger partial charge in [0.05, 0.1) is 11.5 Å². The zero-order valence-corrected chi connectivity index (χ0v) is 13.7. The second kappa shape index (κ2) is 7.92. The Kier molecular flexibility index (Phi) is 6.21. The lowest BCUT2D eigenvalue weighted by atomic mass is 10.0. The van der Waals surface area contributed by atoms with Gasteiger partial charge in [-0.3, -0.25) is 4.90 Å². The van der Waals surface area contributed by atoms with Crippen LogP contribution in [0.25, 0.3) is 0 Å². The molecule has 118 valence electrons. The topological polar surface area (TPSA) is 49.4 Å². The Hall–Kier alpha value is -0.910. The first-order chi connectivity index (χ1) is 10.1. The normalized spacial score (nSPS) is 19.3. The highest BCUT2D eigenvalue weighted by atomic mass is 32.2. The van der Waals surface area contributed by atoms with E-state index in [0.717, 1.165) is 39.0 Å². The van der Waals surface area contributed by atoms with Crippen molar-refractivity contribution in [2.24, 2.45) is 0 Å². The summed E-state index contributed by atoms with van der Waals surface area (Å²) in [5.74, 6) is 0.637. The van der Waals surface area contributed by atoms with Crippen LogP contribution in [-0.4, -0.2) is 51.0 Å². The molecule has 1 aromatic rings. The lowest BCUT2D eigenvalue weighted by Gasteiger charge is -2.21. The van der Waals surface area contributed by atoms with Gasteiger partial charge in [-0.15, -0.1) is 0 Å². The summed E-state index contributed by atoms with van der Waals surface area (Å²) in [4.78, 5) is 2.27. The largest absolute Gasteiger partial charge is 0.317 e. The van der Waals surface area contributed by atoms with Crippen LogP contribution in [0.3, 0.4) is 0 Å². The van der Waals surface area contributed by atoms with Crippen molar-refractivity contribution in [3.8, 4) is 0 Å². The summed E-state index contributed by atoms with van der Waals surface area (Å²) in [6.45, 7) is 6.49. The molecule has 0 bridgehead atoms. The highest BCUT2D eigenvalue weighted by Crippen LogP contribution is 2.14. The molecule has 0 saturated carbocycles. The van der Waals surface area contributed by atoms with Crippen molar-refractivity contribution >= 4 is 9.84 Å². The van der Waals surface area contributed by atoms with Gasteiger partial charge in [0.2, 0.25) is 0 Å². The lowest BCUT2D eigenvalue weighted by Crippen LogP contribution is -2.27. The molecular weight excluding hydrogens is 284 g/mol. The molecule has 0 atom stereocenters. The van der Waals surface area contributed by atoms with E-state index in [2.05, 4.69) is 41.4 Å². The van der Waals surface area contributed by atoms with Crippen molar-refractivity contribution in [1.82, 2.24) is 10.2 Å². The minimum atomic E-state index is -2.82. The Morgan fingerprint density at radius 1 is 1.14 bits per heavy atom. The van der Waals surface area contributed by atoms with Gasteiger partial charge < -0.3 is 5.32 Å². The van der Waals surface area contributed by atoms with Gasteiger partial charge in [-0.05, 0) is 43.6 Å². The third kappa shape index (κ3) is 5.41. The highest BCUT2D eigenvalue weighted by Gasteiger charge is 2.19. The summed E-state index contributed by atoms with van der Waals surface area (Å²) >= 11 is 0. The fourth-order valence-corrected chi connectivity index (χ4v) is 4.05. The van der Waals surface area contributed by atoms with Crippen LogP contribution >= 0.6 is 0 Å². The van der Waals surface area contributed by atoms with Gasteiger partial charge in [0.25, 0.3) is 0 Å². The fourth-order valence-electron chi connectivity index (χ4n) is 2.74. The van der Waals surface area contributed by atoms with Gasteiger partial charge >= 0.3 is 0 Å². The molecule has 1 aliphatic rings. The summed E-state index contributed by atoms with van der Waals surface area (Å²) in [6, 6.07) is 8.50. The van der Waals surface area contributed by atoms with Crippen LogP contribution in [-0.2, 0) is 22.8 Å². The standard InChI is InChI=1S/C16H26N2O2S/c1-2-17-9-8-15-6-3-4-7-16(15)14-18-10-5-12-21(19,20)13-11-18/h3-4,6-7,17H,2,5,8-14H2,1H3. The average Bonchev–Trinajstić information content (AvgIpc) is 2.62. The predicted octanol–water partition coefficient (Wildman–Crippen LogP) is 1.46. The highest BCUT2D eigenvalue weighted by molar-refractivity contribution is 7.91. The van der Waals surface area contributed by atoms with E-state index in [1.54, 1.807) is 0 Å². The van der Waals surface area contributed by atoms with Crippen LogP contribution in [0.1, 0.15) is 24.5 Å². The Morgan fingerprint density at radius 2 is 1.90 bits per heavy atom. The smallest absolute Gasteiger partial charge is 0.151 e. The van der Waals surface area contributed by atoms with Crippen molar-refractivity contribution < 1.29 is 8.42 Å². The molecule has 1 heterocycles. The van der Waals surface area contributed by atoms with Crippen LogP contribution in [0.5, 0.6) is 0 Å². The van der Waals surface area contributed by atoms with Crippen molar-refractivity contribution in [2.45, 2.75) is 26.3 Å². The van der Waals surface area contributed by atoms with E-state index in [4.69, 9.17) is 0 Å². The Labute approximate surface area is 128 Å². The van der Waals surface area contributed by atoms with Crippen molar-refractivity contribution in [3.63, 3.8) is 0 Å². The molecule has 1 fully saturated rings. The van der Waals surface area contributed by atoms with Crippen LogP contribution in [0.2, 0.25) is 0 Å². The molecule has 5 heteroatoms. The number of nitrogens with one attached hydrogen (secondary N) is 1. The van der Waals surface area contributed by atoms with Gasteiger partial charge in [-0.2, -0.15) is 0 Å². The first-order valence-corrected chi connectivity index (χ1v) is 9.63. The number of hydrogen-bond donors (Lipinski definition) is 1. The number of likely N-dealkylation sites (N-methyl/N-ethyl adjacent to an activating group) is 1. The van der Waals surface area contributed by atoms with E-state index in [0.29, 0.717) is 18.1 Å². The zero-order chi connectivity index (χ0) is 15.1. The molecule has 0 aliphatic carbocycles. The SMILES string of the molecule is CCNCCc1ccccc1CN1CCCS(=O)(=O)CC1. The Balaban J connectivity index is 1.98. The molecule has 1 aromatic carbocycles. The lowest BCUT2D eigenvalue weighted by molar-refractivity contribution is 0.286. The molecular formula is C16H26N2O2S. The summed E-state index contributed by atoms with van der Waals surface area (Å²) in [5.41, 5.74) is 2.69. The third-order valence-corrected chi connectivity index (χ3v) is 5.70. The summed E-state index contributed by atoms with van der Waals surface area (Å²) in [7, 11) is -2.82. The Morgan fingerprint density at radius 3 is 2.67 bits per heavy atom. The van der Waals surface area contributed by atoms with Crippen LogP contribution in [0.15, 0.2) is 24.3 Å². The molecule has 0 aromatic heterocycles. The third-order valence-electron chi connectivity index (χ3n) is 3.98. The molecule has 4 nitrogen and oxygen atoms in total. The molecule has 1 aliphatic heterocycles. The fraction of sp³-hybridized carbons (Fsp3) is 0.625. The second-order valence-corrected chi connectivity index (χ2v) is 7.96. The van der Waals surface area contributed by atoms with E-state index < -0.39 is 9.84 Å². The van der Waals surface area contributed by atoms with Crippen molar-refractivity contribution in [1.29, 1.82) is 0 Å². The quantitative estimate of drug-likeness (QED) is 0.808. The maximum absolute atomic E-state index is 11.7. The number of rotatable bonds is 6. The molecule has 21 heavy (non-hydrogen) atoms. The zero-order valence-electron chi connectivity index (χ0n) is 12.8. The maximum Gasteiger partial charge on any atom is 0.151 e. The van der Waals surface area contributed by atoms with Gasteiger partial charge in [0, 0.05) is 13.1 Å². The summed E-state index contributed by atoms with van der Waals surface area (Å²) in [6.07, 6.45) is 1.78. The minimum absolute atomic E-state index is 0.298. The number of hydrogen-bond acceptors (Lipinski definition) is 4. The van der Waals surface area contributed by atoms with Crippen molar-refractivity contribution in [2.75, 3.05) is 37.7 Å². The van der Waals surface area contributed by atoms with Gasteiger partial charge in [-0.1, -0.05) is 31.2 Å². The number of sulfone groups is 1. The second-order valence-electron chi connectivity index (χ2n) is 5.65. The van der Waals surface area contributed by atoms with Crippen LogP contribution in [0, 0.1) is 0 Å². The molecule has 1 saturated heterocycles. The summed E-state index contributed by atoms with van der Waals surface area (Å²) in [5, 5.41) is 3.36. The van der Waals surface area contributed by atoms with Gasteiger partial charge in [-0.25, -0.2) is 8.42 Å². The first kappa shape index (κ1) is 16.5. The van der Waals surface area contributed by atoms with E-state index in [-0.39, 0.29) is 0 Å². The Bertz CT molecular complexity index is 543. The van der Waals surface area contributed by atoms with Crippen molar-refractivity contribution in [3.05, 3.63) is 35.4 Å². The van der Waals surface area contributed by atoms with E-state index in [1.165, 1.54) is 11.1 Å². The molecule has 0 amide bonds.